The van der Waals surface area contributed by atoms with Gasteiger partial charge < -0.3 is 10.1 Å². The van der Waals surface area contributed by atoms with Gasteiger partial charge in [0.2, 0.25) is 0 Å². The van der Waals surface area contributed by atoms with Crippen LogP contribution in [0.4, 0.5) is 0 Å². The second-order valence-corrected chi connectivity index (χ2v) is 6.31. The van der Waals surface area contributed by atoms with Gasteiger partial charge in [0, 0.05) is 12.1 Å². The number of hydrogen-bond donors (Lipinski definition) is 1. The van der Waals surface area contributed by atoms with Gasteiger partial charge in [-0.3, -0.25) is 0 Å². The van der Waals surface area contributed by atoms with Crippen molar-refractivity contribution in [2.45, 2.75) is 18.6 Å². The van der Waals surface area contributed by atoms with E-state index in [4.69, 9.17) is 27.9 Å². The van der Waals surface area contributed by atoms with E-state index >= 15 is 0 Å². The third-order valence-electron chi connectivity index (χ3n) is 3.99. The molecule has 0 radical (unpaired) electrons. The van der Waals surface area contributed by atoms with E-state index in [1.165, 1.54) is 5.56 Å². The highest BCUT2D eigenvalue weighted by molar-refractivity contribution is 6.42. The maximum absolute atomic E-state index is 6.27. The molecule has 110 valence electrons. The van der Waals surface area contributed by atoms with Crippen LogP contribution in [0.5, 0.6) is 0 Å². The molecule has 1 saturated heterocycles. The minimum atomic E-state index is -0.178. The molecule has 2 unspecified atom stereocenters. The number of ether oxygens (including phenoxy) is 1. The highest BCUT2D eigenvalue weighted by atomic mass is 35.5. The molecule has 3 rings (SSSR count). The molecule has 1 aliphatic heterocycles. The van der Waals surface area contributed by atoms with Crippen molar-refractivity contribution in [1.82, 2.24) is 5.32 Å². The quantitative estimate of drug-likeness (QED) is 0.874. The Morgan fingerprint density at radius 3 is 2.52 bits per heavy atom. The Balaban J connectivity index is 1.78. The van der Waals surface area contributed by atoms with Gasteiger partial charge in [-0.05, 0) is 18.6 Å². The van der Waals surface area contributed by atoms with Crippen molar-refractivity contribution in [2.75, 3.05) is 13.2 Å². The maximum Gasteiger partial charge on any atom is 0.0965 e. The number of rotatable bonds is 2. The van der Waals surface area contributed by atoms with Gasteiger partial charge in [-0.1, -0.05) is 65.7 Å². The van der Waals surface area contributed by atoms with Gasteiger partial charge in [0.1, 0.15) is 0 Å². The lowest BCUT2D eigenvalue weighted by Gasteiger charge is -2.39. The number of benzene rings is 2. The number of morpholine rings is 1. The van der Waals surface area contributed by atoms with Gasteiger partial charge in [0.15, 0.2) is 0 Å². The lowest BCUT2D eigenvalue weighted by molar-refractivity contribution is -0.0307. The topological polar surface area (TPSA) is 21.3 Å². The Morgan fingerprint density at radius 1 is 1.10 bits per heavy atom. The molecule has 1 fully saturated rings. The maximum atomic E-state index is 6.27. The van der Waals surface area contributed by atoms with E-state index in [0.717, 1.165) is 5.56 Å². The van der Waals surface area contributed by atoms with Crippen molar-refractivity contribution in [3.63, 3.8) is 0 Å². The van der Waals surface area contributed by atoms with Gasteiger partial charge in [0.25, 0.3) is 0 Å². The Labute approximate surface area is 135 Å². The molecule has 4 heteroatoms. The Kier molecular flexibility index (Phi) is 4.23. The Morgan fingerprint density at radius 2 is 1.86 bits per heavy atom. The van der Waals surface area contributed by atoms with Gasteiger partial charge >= 0.3 is 0 Å². The zero-order valence-corrected chi connectivity index (χ0v) is 13.3. The van der Waals surface area contributed by atoms with Crippen LogP contribution in [0.1, 0.15) is 24.2 Å². The van der Waals surface area contributed by atoms with Gasteiger partial charge in [-0.25, -0.2) is 0 Å². The van der Waals surface area contributed by atoms with Crippen LogP contribution in [0.25, 0.3) is 0 Å². The smallest absolute Gasteiger partial charge is 0.0965 e. The van der Waals surface area contributed by atoms with E-state index in [0.29, 0.717) is 23.2 Å². The lowest BCUT2D eigenvalue weighted by atomic mass is 9.90. The standard InChI is InChI=1S/C17H17Cl2NO/c1-17(12-6-3-2-4-7-12)11-21-15(10-20-17)13-8-5-9-14(18)16(13)19/h2-9,15,20H,10-11H2,1H3. The molecule has 0 aromatic heterocycles. The van der Waals surface area contributed by atoms with Crippen LogP contribution in [0.15, 0.2) is 48.5 Å². The molecule has 2 aromatic carbocycles. The van der Waals surface area contributed by atoms with Gasteiger partial charge in [0.05, 0.1) is 28.3 Å². The van der Waals surface area contributed by atoms with E-state index in [1.54, 1.807) is 6.07 Å². The lowest BCUT2D eigenvalue weighted by Crippen LogP contribution is -2.50. The monoisotopic (exact) mass is 321 g/mol. The van der Waals surface area contributed by atoms with Crippen LogP contribution >= 0.6 is 23.2 Å². The molecule has 1 N–H and O–H groups in total. The van der Waals surface area contributed by atoms with Crippen LogP contribution in [0, 0.1) is 0 Å². The van der Waals surface area contributed by atoms with Crippen molar-refractivity contribution in [3.8, 4) is 0 Å². The van der Waals surface area contributed by atoms with Crippen molar-refractivity contribution in [3.05, 3.63) is 69.7 Å². The molecule has 0 saturated carbocycles. The summed E-state index contributed by atoms with van der Waals surface area (Å²) >= 11 is 12.4. The molecule has 1 aliphatic rings. The zero-order chi connectivity index (χ0) is 14.9. The first-order valence-corrected chi connectivity index (χ1v) is 7.72. The zero-order valence-electron chi connectivity index (χ0n) is 11.8. The van der Waals surface area contributed by atoms with E-state index in [9.17, 15) is 0 Å². The van der Waals surface area contributed by atoms with Crippen molar-refractivity contribution >= 4 is 23.2 Å². The van der Waals surface area contributed by atoms with Crippen LogP contribution in [-0.2, 0) is 10.3 Å². The van der Waals surface area contributed by atoms with E-state index in [1.807, 2.05) is 30.3 Å². The molecule has 0 aliphatic carbocycles. The first-order chi connectivity index (χ1) is 10.1. The second-order valence-electron chi connectivity index (χ2n) is 5.52. The molecular weight excluding hydrogens is 305 g/mol. The SMILES string of the molecule is CC1(c2ccccc2)COC(c2cccc(Cl)c2Cl)CN1. The Bertz CT molecular complexity index is 622. The van der Waals surface area contributed by atoms with Crippen LogP contribution in [0.2, 0.25) is 10.0 Å². The fraction of sp³-hybridized carbons (Fsp3) is 0.294. The Hall–Kier alpha value is -1.06. The average molecular weight is 322 g/mol. The molecule has 0 bridgehead atoms. The minimum absolute atomic E-state index is 0.0759. The summed E-state index contributed by atoms with van der Waals surface area (Å²) in [5, 5.41) is 4.72. The third kappa shape index (κ3) is 2.95. The van der Waals surface area contributed by atoms with Gasteiger partial charge in [-0.2, -0.15) is 0 Å². The molecule has 0 spiro atoms. The summed E-state index contributed by atoms with van der Waals surface area (Å²) < 4.78 is 6.06. The largest absolute Gasteiger partial charge is 0.370 e. The summed E-state index contributed by atoms with van der Waals surface area (Å²) in [4.78, 5) is 0. The first kappa shape index (κ1) is 14.9. The normalized spacial score (nSPS) is 25.8. The number of nitrogens with one attached hydrogen (secondary N) is 1. The average Bonchev–Trinajstić information content (AvgIpc) is 2.52. The fourth-order valence-electron chi connectivity index (χ4n) is 2.66. The summed E-state index contributed by atoms with van der Waals surface area (Å²) in [7, 11) is 0. The summed E-state index contributed by atoms with van der Waals surface area (Å²) in [6.45, 7) is 3.44. The van der Waals surface area contributed by atoms with Crippen molar-refractivity contribution < 1.29 is 4.74 Å². The van der Waals surface area contributed by atoms with E-state index in [-0.39, 0.29) is 11.6 Å². The second kappa shape index (κ2) is 5.98. The van der Waals surface area contributed by atoms with E-state index < -0.39 is 0 Å². The van der Waals surface area contributed by atoms with Crippen LogP contribution in [0.3, 0.4) is 0 Å². The molecule has 2 nitrogen and oxygen atoms in total. The minimum Gasteiger partial charge on any atom is -0.370 e. The first-order valence-electron chi connectivity index (χ1n) is 6.96. The molecule has 1 heterocycles. The van der Waals surface area contributed by atoms with Crippen molar-refractivity contribution in [2.24, 2.45) is 0 Å². The molecule has 2 atom stereocenters. The molecule has 2 aromatic rings. The van der Waals surface area contributed by atoms with Gasteiger partial charge in [-0.15, -0.1) is 0 Å². The summed E-state index contributed by atoms with van der Waals surface area (Å²) in [6.07, 6.45) is -0.0759. The molecule has 0 amide bonds. The summed E-state index contributed by atoms with van der Waals surface area (Å²) in [5.74, 6) is 0. The third-order valence-corrected chi connectivity index (χ3v) is 4.82. The summed E-state index contributed by atoms with van der Waals surface area (Å²) in [6, 6.07) is 16.0. The highest BCUT2D eigenvalue weighted by Crippen LogP contribution is 2.35. The number of halogens is 2. The predicted octanol–water partition coefficient (Wildman–Crippen LogP) is 4.57. The fourth-order valence-corrected chi connectivity index (χ4v) is 3.08. The van der Waals surface area contributed by atoms with Crippen molar-refractivity contribution in [1.29, 1.82) is 0 Å². The highest BCUT2D eigenvalue weighted by Gasteiger charge is 2.34. The summed E-state index contributed by atoms with van der Waals surface area (Å²) in [5.41, 5.74) is 1.98. The molecule has 21 heavy (non-hydrogen) atoms. The van der Waals surface area contributed by atoms with Crippen LogP contribution < -0.4 is 5.32 Å². The predicted molar refractivity (Wildman–Crippen MR) is 87.0 cm³/mol. The molecular formula is C17H17Cl2NO. The van der Waals surface area contributed by atoms with E-state index in [2.05, 4.69) is 24.4 Å². The number of hydrogen-bond acceptors (Lipinski definition) is 2. The van der Waals surface area contributed by atoms with Crippen LogP contribution in [-0.4, -0.2) is 13.2 Å².